The molecule has 2 fully saturated rings. The van der Waals surface area contributed by atoms with Crippen LogP contribution < -0.4 is 23.8 Å². The van der Waals surface area contributed by atoms with E-state index in [4.69, 9.17) is 18.9 Å². The van der Waals surface area contributed by atoms with Crippen molar-refractivity contribution in [3.8, 4) is 23.0 Å². The average molecular weight is 889 g/mol. The predicted octanol–water partition coefficient (Wildman–Crippen LogP) is 7.48. The van der Waals surface area contributed by atoms with Crippen LogP contribution in [0.25, 0.3) is 0 Å². The van der Waals surface area contributed by atoms with Gasteiger partial charge in [-0.05, 0) is 80.0 Å². The number of aliphatic hydroxyl groups excluding tert-OH is 1. The molecule has 4 heterocycles. The Bertz CT molecular complexity index is 2220. The van der Waals surface area contributed by atoms with Gasteiger partial charge in [0.15, 0.2) is 34.3 Å². The number of nitro groups is 1. The number of nitrogens with zero attached hydrogens (tertiary/aromatic N) is 6. The summed E-state index contributed by atoms with van der Waals surface area (Å²) in [6.45, 7) is 13.4. The third kappa shape index (κ3) is 10.7. The summed E-state index contributed by atoms with van der Waals surface area (Å²) in [6, 6.07) is 8.92. The number of aryl methyl sites for hydroxylation is 1. The fourth-order valence-corrected chi connectivity index (χ4v) is 9.79. The number of likely N-dealkylation sites (tertiary alicyclic amines) is 1. The van der Waals surface area contributed by atoms with Gasteiger partial charge in [-0.15, -0.1) is 0 Å². The van der Waals surface area contributed by atoms with Crippen LogP contribution in [-0.4, -0.2) is 113 Å². The van der Waals surface area contributed by atoms with Crippen LogP contribution in [0.2, 0.25) is 0 Å². The number of amides is 3. The number of aliphatic imine (C=N–C) groups is 1. The summed E-state index contributed by atoms with van der Waals surface area (Å²) in [4.78, 5) is 63.9. The zero-order chi connectivity index (χ0) is 44.5. The Hall–Kier alpha value is -5.59. The molecule has 3 aliphatic heterocycles. The number of ether oxygens (including phenoxy) is 4. The number of carbonyl (C=O) groups is 3. The van der Waals surface area contributed by atoms with Gasteiger partial charge in [-0.3, -0.25) is 34.4 Å². The molecule has 0 saturated carbocycles. The lowest BCUT2D eigenvalue weighted by atomic mass is 10.1. The summed E-state index contributed by atoms with van der Waals surface area (Å²) in [6.07, 6.45) is 6.28. The van der Waals surface area contributed by atoms with Crippen LogP contribution >= 0.6 is 21.6 Å². The smallest absolute Gasteiger partial charge is 0.302 e. The van der Waals surface area contributed by atoms with Gasteiger partial charge >= 0.3 is 5.69 Å². The summed E-state index contributed by atoms with van der Waals surface area (Å²) >= 11 is 0. The Labute approximate surface area is 368 Å². The number of anilines is 1. The van der Waals surface area contributed by atoms with E-state index < -0.39 is 23.1 Å². The van der Waals surface area contributed by atoms with Crippen molar-refractivity contribution in [2.45, 2.75) is 87.4 Å². The Morgan fingerprint density at radius 1 is 1.05 bits per heavy atom. The molecule has 0 spiro atoms. The standard InChI is InChI=1S/C44H52N6O10S2/c1-27-17-31(47(24-27)26-51)23-46-33-21-39(37(57-5)19-29(33)3)59-15-8-7-9-16-60-40-22-35-32(20-38(40)58-6)43(53)48-25-28(2)18-36(48)44(54)49(35)41(52)13-12-30(4)61-62-42-34(50(55)56)11-10-14-45-42/h10-11,14,19-23,26,30-31,36,44,54H,1-2,7-9,12-13,15-18,24-25H2,3-6H3/t30-,31?,36?,44?/m1/s1. The van der Waals surface area contributed by atoms with Crippen LogP contribution in [0.3, 0.4) is 0 Å². The van der Waals surface area contributed by atoms with Crippen molar-refractivity contribution in [2.24, 2.45) is 4.99 Å². The van der Waals surface area contributed by atoms with Crippen molar-refractivity contribution < 1.29 is 43.4 Å². The molecule has 0 bridgehead atoms. The van der Waals surface area contributed by atoms with Gasteiger partial charge in [0.25, 0.3) is 5.91 Å². The van der Waals surface area contributed by atoms with E-state index in [1.807, 2.05) is 26.0 Å². The second kappa shape index (κ2) is 21.0. The van der Waals surface area contributed by atoms with Crippen molar-refractivity contribution in [2.75, 3.05) is 45.4 Å². The van der Waals surface area contributed by atoms with Crippen LogP contribution in [-0.2, 0) is 9.59 Å². The normalized spacial score (nSPS) is 19.0. The minimum Gasteiger partial charge on any atom is -0.493 e. The van der Waals surface area contributed by atoms with E-state index in [2.05, 4.69) is 23.1 Å². The van der Waals surface area contributed by atoms with Gasteiger partial charge in [-0.2, -0.15) is 0 Å². The van der Waals surface area contributed by atoms with Crippen molar-refractivity contribution in [1.82, 2.24) is 14.8 Å². The monoisotopic (exact) mass is 888 g/mol. The number of methoxy groups -OCH3 is 2. The Kier molecular flexibility index (Phi) is 15.5. The lowest BCUT2D eigenvalue weighted by Crippen LogP contribution is -2.50. The average Bonchev–Trinajstić information content (AvgIpc) is 3.83. The molecule has 330 valence electrons. The van der Waals surface area contributed by atoms with E-state index in [0.29, 0.717) is 80.5 Å². The van der Waals surface area contributed by atoms with E-state index in [0.717, 1.165) is 29.5 Å². The zero-order valence-electron chi connectivity index (χ0n) is 35.3. The first-order valence-electron chi connectivity index (χ1n) is 20.3. The number of carbonyl (C=O) groups excluding carboxylic acids is 3. The van der Waals surface area contributed by atoms with E-state index in [1.54, 1.807) is 35.3 Å². The van der Waals surface area contributed by atoms with Gasteiger partial charge in [-0.25, -0.2) is 4.98 Å². The molecule has 2 saturated heterocycles. The molecule has 1 aromatic heterocycles. The molecule has 6 rings (SSSR count). The molecule has 1 N–H and O–H groups in total. The van der Waals surface area contributed by atoms with Crippen LogP contribution in [0, 0.1) is 17.0 Å². The largest absolute Gasteiger partial charge is 0.493 e. The lowest BCUT2D eigenvalue weighted by Gasteiger charge is -2.32. The van der Waals surface area contributed by atoms with Crippen LogP contribution in [0.4, 0.5) is 17.1 Å². The van der Waals surface area contributed by atoms with Crippen LogP contribution in [0.5, 0.6) is 23.0 Å². The highest BCUT2D eigenvalue weighted by molar-refractivity contribution is 8.76. The van der Waals surface area contributed by atoms with Gasteiger partial charge in [0.2, 0.25) is 12.3 Å². The second-order valence-electron chi connectivity index (χ2n) is 15.4. The number of aliphatic hydroxyl groups is 1. The molecule has 4 atom stereocenters. The molecule has 16 nitrogen and oxygen atoms in total. The molecule has 18 heteroatoms. The molecular formula is C44H52N6O10S2. The van der Waals surface area contributed by atoms with Gasteiger partial charge in [0.1, 0.15) is 0 Å². The highest BCUT2D eigenvalue weighted by Crippen LogP contribution is 2.43. The molecule has 3 aliphatic rings. The molecule has 0 aliphatic carbocycles. The Balaban J connectivity index is 1.08. The fraction of sp³-hybridized carbons (Fsp3) is 0.432. The molecular weight excluding hydrogens is 837 g/mol. The topological polar surface area (TPSA) is 186 Å². The van der Waals surface area contributed by atoms with E-state index in [1.165, 1.54) is 51.9 Å². The SMILES string of the molecule is C=C1CC(C=Nc2cc(OCCCCCOc3cc4c(cc3OC)C(=O)N3CC(=C)CC3C(O)N4C(=O)CC[C@@H](C)SSc3ncccc3[N+](=O)[O-])c(OC)cc2C)N(C=O)C1. The van der Waals surface area contributed by atoms with Crippen molar-refractivity contribution >= 4 is 63.1 Å². The molecule has 3 aromatic rings. The summed E-state index contributed by atoms with van der Waals surface area (Å²) < 4.78 is 23.6. The summed E-state index contributed by atoms with van der Waals surface area (Å²) in [7, 11) is 5.60. The summed E-state index contributed by atoms with van der Waals surface area (Å²) in [5.41, 5.74) is 3.70. The first kappa shape index (κ1) is 45.9. The number of pyridine rings is 1. The van der Waals surface area contributed by atoms with Crippen LogP contribution in [0.1, 0.15) is 67.8 Å². The van der Waals surface area contributed by atoms with Crippen LogP contribution in [0.15, 0.2) is 76.9 Å². The number of hydrogen-bond donors (Lipinski definition) is 1. The predicted molar refractivity (Wildman–Crippen MR) is 239 cm³/mol. The van der Waals surface area contributed by atoms with E-state index in [9.17, 15) is 29.6 Å². The van der Waals surface area contributed by atoms with Gasteiger partial charge in [0.05, 0.1) is 61.4 Å². The number of fused-ring (bicyclic) bond motifs is 2. The summed E-state index contributed by atoms with van der Waals surface area (Å²) in [5, 5.41) is 23.4. The number of hydrogen-bond acceptors (Lipinski definition) is 14. The van der Waals surface area contributed by atoms with Crippen molar-refractivity contribution in [3.05, 3.63) is 88.1 Å². The quantitative estimate of drug-likeness (QED) is 0.0224. The fourth-order valence-electron chi connectivity index (χ4n) is 7.55. The first-order chi connectivity index (χ1) is 29.8. The lowest BCUT2D eigenvalue weighted by molar-refractivity contribution is -0.388. The third-order valence-corrected chi connectivity index (χ3v) is 13.7. The first-order valence-corrected chi connectivity index (χ1v) is 22.5. The number of unbranched alkanes of at least 4 members (excludes halogenated alkanes) is 2. The van der Waals surface area contributed by atoms with E-state index in [-0.39, 0.29) is 52.1 Å². The number of rotatable bonds is 20. The molecule has 3 amide bonds. The minimum absolute atomic E-state index is 0.0295. The highest BCUT2D eigenvalue weighted by atomic mass is 33.1. The molecule has 3 unspecified atom stereocenters. The maximum absolute atomic E-state index is 14.1. The Morgan fingerprint density at radius 3 is 2.44 bits per heavy atom. The number of aromatic nitrogens is 1. The molecule has 2 aromatic carbocycles. The highest BCUT2D eigenvalue weighted by Gasteiger charge is 2.45. The minimum atomic E-state index is -1.35. The van der Waals surface area contributed by atoms with Crippen molar-refractivity contribution in [3.63, 3.8) is 0 Å². The molecule has 62 heavy (non-hydrogen) atoms. The third-order valence-electron chi connectivity index (χ3n) is 10.8. The maximum atomic E-state index is 14.1. The summed E-state index contributed by atoms with van der Waals surface area (Å²) in [5.74, 6) is 1.03. The van der Waals surface area contributed by atoms with Gasteiger partial charge in [-0.1, -0.05) is 42.0 Å². The second-order valence-corrected chi connectivity index (χ2v) is 18.0. The van der Waals surface area contributed by atoms with Gasteiger partial charge < -0.3 is 33.9 Å². The number of benzene rings is 2. The van der Waals surface area contributed by atoms with Crippen molar-refractivity contribution in [1.29, 1.82) is 0 Å². The van der Waals surface area contributed by atoms with E-state index >= 15 is 0 Å². The van der Waals surface area contributed by atoms with Gasteiger partial charge in [0, 0.05) is 55.4 Å². The Morgan fingerprint density at radius 2 is 1.74 bits per heavy atom. The zero-order valence-corrected chi connectivity index (χ0v) is 37.0. The maximum Gasteiger partial charge on any atom is 0.302 e. The molecule has 0 radical (unpaired) electrons.